The number of carbonyl (C=O) groups is 1. The summed E-state index contributed by atoms with van der Waals surface area (Å²) in [5, 5.41) is 9.17. The van der Waals surface area contributed by atoms with Crippen LogP contribution in [0.15, 0.2) is 30.3 Å². The Morgan fingerprint density at radius 3 is 2.90 bits per heavy atom. The number of aryl methyl sites for hydroxylation is 1. The quantitative estimate of drug-likeness (QED) is 0.853. The van der Waals surface area contributed by atoms with Gasteiger partial charge < -0.3 is 14.7 Å². The Balaban J connectivity index is 2.02. The molecule has 1 saturated heterocycles. The molecule has 1 aromatic carbocycles. The predicted molar refractivity (Wildman–Crippen MR) is 78.2 cm³/mol. The van der Waals surface area contributed by atoms with Gasteiger partial charge in [0, 0.05) is 19.2 Å². The number of aliphatic hydroxyl groups is 1. The first-order valence-electron chi connectivity index (χ1n) is 6.89. The van der Waals surface area contributed by atoms with Crippen molar-refractivity contribution in [3.05, 3.63) is 41.5 Å². The van der Waals surface area contributed by atoms with E-state index >= 15 is 0 Å². The summed E-state index contributed by atoms with van der Waals surface area (Å²) < 4.78 is 5.53. The van der Waals surface area contributed by atoms with E-state index in [2.05, 4.69) is 0 Å². The van der Waals surface area contributed by atoms with Crippen LogP contribution in [0.4, 0.5) is 0 Å². The SMILES string of the molecule is Cc1ccccc1/C=C/C(=O)N1CC(C)OC(CO)C1. The van der Waals surface area contributed by atoms with Gasteiger partial charge in [0.05, 0.1) is 18.8 Å². The standard InChI is InChI=1S/C16H21NO3/c1-12-5-3-4-6-14(12)7-8-16(19)17-9-13(2)20-15(10-17)11-18/h3-8,13,15,18H,9-11H2,1-2H3/b8-7+. The summed E-state index contributed by atoms with van der Waals surface area (Å²) >= 11 is 0. The molecule has 4 heteroatoms. The Labute approximate surface area is 119 Å². The molecule has 20 heavy (non-hydrogen) atoms. The van der Waals surface area contributed by atoms with Crippen molar-refractivity contribution < 1.29 is 14.6 Å². The number of carbonyl (C=O) groups excluding carboxylic acids is 1. The minimum atomic E-state index is -0.283. The van der Waals surface area contributed by atoms with Crippen molar-refractivity contribution in [2.45, 2.75) is 26.1 Å². The van der Waals surface area contributed by atoms with Crippen LogP contribution in [-0.2, 0) is 9.53 Å². The van der Waals surface area contributed by atoms with E-state index < -0.39 is 0 Å². The van der Waals surface area contributed by atoms with Crippen LogP contribution in [0.2, 0.25) is 0 Å². The summed E-state index contributed by atoms with van der Waals surface area (Å²) in [6.07, 6.45) is 3.10. The molecule has 1 heterocycles. The van der Waals surface area contributed by atoms with Crippen LogP contribution in [0.5, 0.6) is 0 Å². The molecule has 108 valence electrons. The molecule has 2 unspecified atom stereocenters. The number of ether oxygens (including phenoxy) is 1. The van der Waals surface area contributed by atoms with Crippen LogP contribution < -0.4 is 0 Å². The van der Waals surface area contributed by atoms with E-state index in [4.69, 9.17) is 4.74 Å². The maximum Gasteiger partial charge on any atom is 0.246 e. The fourth-order valence-corrected chi connectivity index (χ4v) is 2.37. The second kappa shape index (κ2) is 6.68. The summed E-state index contributed by atoms with van der Waals surface area (Å²) in [5.74, 6) is -0.0400. The number of morpholine rings is 1. The van der Waals surface area contributed by atoms with Gasteiger partial charge in [-0.25, -0.2) is 0 Å². The molecular weight excluding hydrogens is 254 g/mol. The number of hydrogen-bond donors (Lipinski definition) is 1. The molecule has 1 N–H and O–H groups in total. The van der Waals surface area contributed by atoms with Gasteiger partial charge in [-0.1, -0.05) is 24.3 Å². The van der Waals surface area contributed by atoms with Crippen molar-refractivity contribution in [2.24, 2.45) is 0 Å². The molecule has 2 atom stereocenters. The lowest BCUT2D eigenvalue weighted by Crippen LogP contribution is -2.49. The Morgan fingerprint density at radius 1 is 1.45 bits per heavy atom. The van der Waals surface area contributed by atoms with Gasteiger partial charge in [0.2, 0.25) is 5.91 Å². The fourth-order valence-electron chi connectivity index (χ4n) is 2.37. The molecule has 0 aliphatic carbocycles. The molecule has 1 aliphatic heterocycles. The first-order chi connectivity index (χ1) is 9.60. The van der Waals surface area contributed by atoms with Crippen molar-refractivity contribution in [1.29, 1.82) is 0 Å². The molecule has 1 fully saturated rings. The van der Waals surface area contributed by atoms with Gasteiger partial charge in [0.15, 0.2) is 0 Å². The van der Waals surface area contributed by atoms with Crippen molar-refractivity contribution in [3.63, 3.8) is 0 Å². The highest BCUT2D eigenvalue weighted by Gasteiger charge is 2.26. The van der Waals surface area contributed by atoms with Crippen LogP contribution in [0, 0.1) is 6.92 Å². The Hall–Kier alpha value is -1.65. The number of nitrogens with zero attached hydrogens (tertiary/aromatic N) is 1. The zero-order valence-corrected chi connectivity index (χ0v) is 12.0. The number of rotatable bonds is 3. The Morgan fingerprint density at radius 2 is 2.20 bits per heavy atom. The van der Waals surface area contributed by atoms with Crippen molar-refractivity contribution in [1.82, 2.24) is 4.90 Å². The predicted octanol–water partition coefficient (Wildman–Crippen LogP) is 1.62. The van der Waals surface area contributed by atoms with Gasteiger partial charge >= 0.3 is 0 Å². The lowest BCUT2D eigenvalue weighted by atomic mass is 10.1. The van der Waals surface area contributed by atoms with Crippen molar-refractivity contribution in [2.75, 3.05) is 19.7 Å². The molecule has 1 amide bonds. The highest BCUT2D eigenvalue weighted by molar-refractivity contribution is 5.92. The van der Waals surface area contributed by atoms with E-state index in [0.29, 0.717) is 13.1 Å². The second-order valence-electron chi connectivity index (χ2n) is 5.18. The smallest absolute Gasteiger partial charge is 0.246 e. The average Bonchev–Trinajstić information content (AvgIpc) is 2.45. The van der Waals surface area contributed by atoms with Crippen LogP contribution in [-0.4, -0.2) is 47.8 Å². The highest BCUT2D eigenvalue weighted by atomic mass is 16.5. The molecule has 4 nitrogen and oxygen atoms in total. The molecular formula is C16H21NO3. The van der Waals surface area contributed by atoms with Crippen LogP contribution in [0.25, 0.3) is 6.08 Å². The Bertz CT molecular complexity index is 498. The van der Waals surface area contributed by atoms with Crippen LogP contribution in [0.3, 0.4) is 0 Å². The number of benzene rings is 1. The number of aliphatic hydroxyl groups excluding tert-OH is 1. The Kier molecular flexibility index (Phi) is 4.93. The van der Waals surface area contributed by atoms with Gasteiger partial charge in [0.1, 0.15) is 0 Å². The fraction of sp³-hybridized carbons (Fsp3) is 0.438. The van der Waals surface area contributed by atoms with Gasteiger partial charge in [-0.05, 0) is 31.1 Å². The molecule has 0 bridgehead atoms. The molecule has 1 aliphatic rings. The third kappa shape index (κ3) is 3.68. The van der Waals surface area contributed by atoms with Gasteiger partial charge in [-0.15, -0.1) is 0 Å². The van der Waals surface area contributed by atoms with Gasteiger partial charge in [0.25, 0.3) is 0 Å². The topological polar surface area (TPSA) is 49.8 Å². The zero-order chi connectivity index (χ0) is 14.5. The zero-order valence-electron chi connectivity index (χ0n) is 12.0. The van der Waals surface area contributed by atoms with E-state index in [0.717, 1.165) is 11.1 Å². The maximum absolute atomic E-state index is 12.2. The first-order valence-corrected chi connectivity index (χ1v) is 6.89. The van der Waals surface area contributed by atoms with Crippen molar-refractivity contribution in [3.8, 4) is 0 Å². The summed E-state index contributed by atoms with van der Waals surface area (Å²) in [4.78, 5) is 13.9. The lowest BCUT2D eigenvalue weighted by molar-refractivity contribution is -0.142. The molecule has 0 radical (unpaired) electrons. The van der Waals surface area contributed by atoms with E-state index in [1.165, 1.54) is 0 Å². The molecule has 0 spiro atoms. The van der Waals surface area contributed by atoms with Crippen molar-refractivity contribution >= 4 is 12.0 Å². The third-order valence-corrected chi connectivity index (χ3v) is 3.44. The number of amides is 1. The molecule has 1 aromatic rings. The third-order valence-electron chi connectivity index (χ3n) is 3.44. The highest BCUT2D eigenvalue weighted by Crippen LogP contribution is 2.13. The van der Waals surface area contributed by atoms with E-state index in [1.54, 1.807) is 11.0 Å². The number of hydrogen-bond acceptors (Lipinski definition) is 3. The molecule has 2 rings (SSSR count). The van der Waals surface area contributed by atoms with Crippen LogP contribution in [0.1, 0.15) is 18.1 Å². The maximum atomic E-state index is 12.2. The van der Waals surface area contributed by atoms with E-state index in [-0.39, 0.29) is 24.7 Å². The molecule has 0 saturated carbocycles. The first kappa shape index (κ1) is 14.8. The molecule has 0 aromatic heterocycles. The van der Waals surface area contributed by atoms with Gasteiger partial charge in [-0.3, -0.25) is 4.79 Å². The summed E-state index contributed by atoms with van der Waals surface area (Å²) in [6.45, 7) is 4.87. The van der Waals surface area contributed by atoms with Crippen LogP contribution >= 0.6 is 0 Å². The summed E-state index contributed by atoms with van der Waals surface area (Å²) in [7, 11) is 0. The van der Waals surface area contributed by atoms with E-state index in [9.17, 15) is 9.90 Å². The summed E-state index contributed by atoms with van der Waals surface area (Å²) in [5.41, 5.74) is 2.18. The monoisotopic (exact) mass is 275 g/mol. The second-order valence-corrected chi connectivity index (χ2v) is 5.18. The van der Waals surface area contributed by atoms with Gasteiger partial charge in [-0.2, -0.15) is 0 Å². The largest absolute Gasteiger partial charge is 0.394 e. The summed E-state index contributed by atoms with van der Waals surface area (Å²) in [6, 6.07) is 7.93. The normalized spacial score (nSPS) is 23.2. The minimum absolute atomic E-state index is 0.0400. The minimum Gasteiger partial charge on any atom is -0.394 e. The average molecular weight is 275 g/mol. The lowest BCUT2D eigenvalue weighted by Gasteiger charge is -2.35. The van der Waals surface area contributed by atoms with E-state index in [1.807, 2.05) is 44.2 Å².